The van der Waals surface area contributed by atoms with Crippen LogP contribution in [0.15, 0.2) is 24.8 Å². The fraction of sp³-hybridized carbons (Fsp3) is 0.308. The lowest BCUT2D eigenvalue weighted by Crippen LogP contribution is -2.09. The molecule has 0 saturated carbocycles. The van der Waals surface area contributed by atoms with Crippen LogP contribution in [0, 0.1) is 11.6 Å². The molecule has 2 heterocycles. The zero-order valence-corrected chi connectivity index (χ0v) is 10.9. The van der Waals surface area contributed by atoms with Gasteiger partial charge in [0.25, 0.3) is 0 Å². The van der Waals surface area contributed by atoms with Crippen LogP contribution in [-0.4, -0.2) is 24.3 Å². The average Bonchev–Trinajstić information content (AvgIpc) is 3.00. The molecule has 0 fully saturated rings. The highest BCUT2D eigenvalue weighted by molar-refractivity contribution is 5.75. The van der Waals surface area contributed by atoms with E-state index in [2.05, 4.69) is 22.0 Å². The molecule has 3 aromatic rings. The third-order valence-electron chi connectivity index (χ3n) is 3.11. The molecule has 0 amide bonds. The van der Waals surface area contributed by atoms with E-state index in [0.29, 0.717) is 17.6 Å². The van der Waals surface area contributed by atoms with Crippen molar-refractivity contribution in [2.45, 2.75) is 26.4 Å². The Bertz CT molecular complexity index is 746. The smallest absolute Gasteiger partial charge is 0.161 e. The number of hydrogen-bond acceptors (Lipinski definition) is 3. The van der Waals surface area contributed by atoms with Crippen LogP contribution in [0.25, 0.3) is 11.0 Å². The van der Waals surface area contributed by atoms with Crippen LogP contribution >= 0.6 is 0 Å². The number of fused-ring (bicyclic) bond motifs is 1. The predicted octanol–water partition coefficient (Wildman–Crippen LogP) is 2.36. The van der Waals surface area contributed by atoms with Crippen molar-refractivity contribution in [3.8, 4) is 0 Å². The molecule has 0 unspecified atom stereocenters. The van der Waals surface area contributed by atoms with Gasteiger partial charge in [-0.2, -0.15) is 5.10 Å². The van der Waals surface area contributed by atoms with Gasteiger partial charge in [0.1, 0.15) is 12.2 Å². The maximum Gasteiger partial charge on any atom is 0.161 e. The van der Waals surface area contributed by atoms with Crippen molar-refractivity contribution in [3.63, 3.8) is 0 Å². The highest BCUT2D eigenvalue weighted by Gasteiger charge is 2.11. The Morgan fingerprint density at radius 3 is 2.75 bits per heavy atom. The minimum Gasteiger partial charge on any atom is -0.323 e. The predicted molar refractivity (Wildman–Crippen MR) is 69.1 cm³/mol. The lowest BCUT2D eigenvalue weighted by Gasteiger charge is -2.06. The minimum atomic E-state index is -0.892. The second-order valence-corrected chi connectivity index (χ2v) is 4.53. The molecule has 0 aliphatic rings. The number of hydrogen-bond donors (Lipinski definition) is 0. The molecule has 0 radical (unpaired) electrons. The molecule has 0 bridgehead atoms. The maximum absolute atomic E-state index is 13.3. The van der Waals surface area contributed by atoms with Gasteiger partial charge in [-0.15, -0.1) is 0 Å². The topological polar surface area (TPSA) is 48.5 Å². The Morgan fingerprint density at radius 2 is 1.95 bits per heavy atom. The Hall–Kier alpha value is -2.31. The van der Waals surface area contributed by atoms with Crippen LogP contribution in [0.2, 0.25) is 0 Å². The van der Waals surface area contributed by atoms with E-state index in [-0.39, 0.29) is 0 Å². The Morgan fingerprint density at radius 1 is 1.15 bits per heavy atom. The summed E-state index contributed by atoms with van der Waals surface area (Å²) in [5.41, 5.74) is 0.959. The highest BCUT2D eigenvalue weighted by atomic mass is 19.2. The van der Waals surface area contributed by atoms with Crippen molar-refractivity contribution in [1.29, 1.82) is 0 Å². The van der Waals surface area contributed by atoms with Gasteiger partial charge in [0.2, 0.25) is 0 Å². The van der Waals surface area contributed by atoms with Gasteiger partial charge >= 0.3 is 0 Å². The van der Waals surface area contributed by atoms with E-state index in [9.17, 15) is 8.78 Å². The number of benzene rings is 1. The summed E-state index contributed by atoms with van der Waals surface area (Å²) < 4.78 is 30.0. The summed E-state index contributed by atoms with van der Waals surface area (Å²) in [7, 11) is 0. The molecular weight excluding hydrogens is 264 g/mol. The summed E-state index contributed by atoms with van der Waals surface area (Å²) in [6.45, 7) is 3.24. The molecule has 7 heteroatoms. The molecular formula is C13H13F2N5. The van der Waals surface area contributed by atoms with Gasteiger partial charge in [-0.3, -0.25) is 0 Å². The molecule has 104 valence electrons. The van der Waals surface area contributed by atoms with Crippen LogP contribution < -0.4 is 0 Å². The van der Waals surface area contributed by atoms with Crippen LogP contribution in [-0.2, 0) is 13.1 Å². The number of nitrogens with zero attached hydrogens (tertiary/aromatic N) is 5. The van der Waals surface area contributed by atoms with Crippen molar-refractivity contribution in [1.82, 2.24) is 24.3 Å². The van der Waals surface area contributed by atoms with E-state index in [1.165, 1.54) is 6.33 Å². The second kappa shape index (κ2) is 4.99. The Kier molecular flexibility index (Phi) is 3.17. The number of imidazole rings is 1. The molecule has 3 rings (SSSR count). The fourth-order valence-corrected chi connectivity index (χ4v) is 2.14. The first-order valence-corrected chi connectivity index (χ1v) is 6.35. The highest BCUT2D eigenvalue weighted by Crippen LogP contribution is 2.18. The van der Waals surface area contributed by atoms with Crippen molar-refractivity contribution in [2.24, 2.45) is 0 Å². The van der Waals surface area contributed by atoms with Crippen molar-refractivity contribution >= 4 is 11.0 Å². The third-order valence-corrected chi connectivity index (χ3v) is 3.11. The minimum absolute atomic E-state index is 0.418. The Labute approximate surface area is 113 Å². The molecule has 0 spiro atoms. The first-order valence-electron chi connectivity index (χ1n) is 6.35. The van der Waals surface area contributed by atoms with E-state index >= 15 is 0 Å². The van der Waals surface area contributed by atoms with Crippen molar-refractivity contribution in [3.05, 3.63) is 42.2 Å². The van der Waals surface area contributed by atoms with E-state index in [1.54, 1.807) is 15.6 Å². The molecule has 0 aliphatic carbocycles. The molecule has 0 N–H and O–H groups in total. The summed E-state index contributed by atoms with van der Waals surface area (Å²) in [4.78, 5) is 8.27. The monoisotopic (exact) mass is 277 g/mol. The maximum atomic E-state index is 13.3. The lowest BCUT2D eigenvalue weighted by molar-refractivity contribution is 0.510. The van der Waals surface area contributed by atoms with Crippen LogP contribution in [0.1, 0.15) is 19.2 Å². The molecule has 5 nitrogen and oxygen atoms in total. The number of aryl methyl sites for hydroxylation is 1. The van der Waals surface area contributed by atoms with Gasteiger partial charge in [-0.05, 0) is 6.42 Å². The first kappa shape index (κ1) is 12.7. The SMILES string of the molecule is CCCn1ncnc1Cn1cnc2cc(F)c(F)cc21. The second-order valence-electron chi connectivity index (χ2n) is 4.53. The Balaban J connectivity index is 1.98. The van der Waals surface area contributed by atoms with Crippen molar-refractivity contribution < 1.29 is 8.78 Å². The normalized spacial score (nSPS) is 11.3. The quantitative estimate of drug-likeness (QED) is 0.735. The summed E-state index contributed by atoms with van der Waals surface area (Å²) in [6.07, 6.45) is 3.99. The molecule has 0 saturated heterocycles. The summed E-state index contributed by atoms with van der Waals surface area (Å²) in [5, 5.41) is 4.14. The van der Waals surface area contributed by atoms with Gasteiger partial charge < -0.3 is 4.57 Å². The van der Waals surface area contributed by atoms with Crippen molar-refractivity contribution in [2.75, 3.05) is 0 Å². The number of rotatable bonds is 4. The van der Waals surface area contributed by atoms with Gasteiger partial charge in [-0.25, -0.2) is 23.4 Å². The summed E-state index contributed by atoms with van der Waals surface area (Å²) >= 11 is 0. The van der Waals surface area contributed by atoms with E-state index in [0.717, 1.165) is 30.9 Å². The molecule has 1 aromatic carbocycles. The van der Waals surface area contributed by atoms with Gasteiger partial charge in [0, 0.05) is 18.7 Å². The zero-order chi connectivity index (χ0) is 14.1. The standard InChI is InChI=1S/C13H13F2N5/c1-2-3-20-13(16-7-18-20)6-19-8-17-11-4-9(14)10(15)5-12(11)19/h4-5,7-8H,2-3,6H2,1H3. The number of halogens is 2. The van der Waals surface area contributed by atoms with Crippen LogP contribution in [0.3, 0.4) is 0 Å². The van der Waals surface area contributed by atoms with Gasteiger partial charge in [-0.1, -0.05) is 6.92 Å². The average molecular weight is 277 g/mol. The van der Waals surface area contributed by atoms with Gasteiger partial charge in [0.05, 0.1) is 23.9 Å². The zero-order valence-electron chi connectivity index (χ0n) is 10.9. The van der Waals surface area contributed by atoms with Gasteiger partial charge in [0.15, 0.2) is 11.6 Å². The largest absolute Gasteiger partial charge is 0.323 e. The summed E-state index contributed by atoms with van der Waals surface area (Å²) in [6, 6.07) is 2.25. The third kappa shape index (κ3) is 2.15. The molecule has 20 heavy (non-hydrogen) atoms. The number of aromatic nitrogens is 5. The molecule has 0 aliphatic heterocycles. The van der Waals surface area contributed by atoms with Crippen LogP contribution in [0.5, 0.6) is 0 Å². The lowest BCUT2D eigenvalue weighted by atomic mass is 10.3. The molecule has 2 aromatic heterocycles. The van der Waals surface area contributed by atoms with E-state index in [1.807, 2.05) is 0 Å². The van der Waals surface area contributed by atoms with E-state index in [4.69, 9.17) is 0 Å². The molecule has 0 atom stereocenters. The van der Waals surface area contributed by atoms with E-state index < -0.39 is 11.6 Å². The first-order chi connectivity index (χ1) is 9.69. The van der Waals surface area contributed by atoms with Crippen LogP contribution in [0.4, 0.5) is 8.78 Å². The fourth-order valence-electron chi connectivity index (χ4n) is 2.14. The summed E-state index contributed by atoms with van der Waals surface area (Å²) in [5.74, 6) is -1.01.